The Balaban J connectivity index is 1.62. The van der Waals surface area contributed by atoms with E-state index in [1.807, 2.05) is 37.5 Å². The van der Waals surface area contributed by atoms with Crippen LogP contribution in [0.1, 0.15) is 52.0 Å². The quantitative estimate of drug-likeness (QED) is 0.411. The predicted octanol–water partition coefficient (Wildman–Crippen LogP) is 3.53. The number of rotatable bonds is 9. The zero-order valence-electron chi connectivity index (χ0n) is 18.5. The first-order valence-corrected chi connectivity index (χ1v) is 11.3. The summed E-state index contributed by atoms with van der Waals surface area (Å²) in [5.74, 6) is -0.900. The molecule has 2 amide bonds. The first-order valence-electron chi connectivity index (χ1n) is 10.3. The number of nitrogens with one attached hydrogen (secondary N) is 2. The van der Waals surface area contributed by atoms with Gasteiger partial charge in [0.15, 0.2) is 11.0 Å². The van der Waals surface area contributed by atoms with Crippen LogP contribution < -0.4 is 10.6 Å². The van der Waals surface area contributed by atoms with Crippen LogP contribution in [0, 0.1) is 6.92 Å². The number of aromatic nitrogens is 3. The minimum Gasteiger partial charge on any atom is -0.478 e. The number of aryl methyl sites for hydroxylation is 1. The molecule has 0 fully saturated rings. The van der Waals surface area contributed by atoms with Crippen LogP contribution in [0.2, 0.25) is 0 Å². The van der Waals surface area contributed by atoms with E-state index < -0.39 is 5.97 Å². The van der Waals surface area contributed by atoms with Crippen molar-refractivity contribution in [3.05, 3.63) is 71.0 Å². The number of carbonyl (C=O) groups excluding carboxylic acids is 2. The van der Waals surface area contributed by atoms with E-state index in [0.29, 0.717) is 28.8 Å². The SMILES string of the molecule is CCn1c(SCC(=O)Nc2cccc(C(=O)O)c2)nnc1[C@H](C)NC(=O)c1ccc(C)cc1. The Morgan fingerprint density at radius 1 is 1.09 bits per heavy atom. The highest BCUT2D eigenvalue weighted by Gasteiger charge is 2.20. The molecule has 0 aliphatic carbocycles. The van der Waals surface area contributed by atoms with Crippen molar-refractivity contribution in [3.63, 3.8) is 0 Å². The standard InChI is InChI=1S/C23H25N5O4S/c1-4-28-20(15(3)24-21(30)16-10-8-14(2)9-11-16)26-27-23(28)33-13-19(29)25-18-7-5-6-17(12-18)22(31)32/h5-12,15H,4,13H2,1-3H3,(H,24,30)(H,25,29)(H,31,32)/t15-/m0/s1. The molecule has 172 valence electrons. The van der Waals surface area contributed by atoms with E-state index in [1.54, 1.807) is 24.3 Å². The van der Waals surface area contributed by atoms with E-state index in [1.165, 1.54) is 23.9 Å². The van der Waals surface area contributed by atoms with Crippen molar-refractivity contribution in [3.8, 4) is 0 Å². The van der Waals surface area contributed by atoms with Crippen LogP contribution in [0.5, 0.6) is 0 Å². The highest BCUT2D eigenvalue weighted by molar-refractivity contribution is 7.99. The zero-order valence-corrected chi connectivity index (χ0v) is 19.3. The van der Waals surface area contributed by atoms with Gasteiger partial charge in [-0.25, -0.2) is 4.79 Å². The summed E-state index contributed by atoms with van der Waals surface area (Å²) in [4.78, 5) is 36.0. The molecule has 0 unspecified atom stereocenters. The molecule has 0 aliphatic heterocycles. The maximum atomic E-state index is 12.5. The fourth-order valence-electron chi connectivity index (χ4n) is 3.13. The number of aromatic carboxylic acids is 1. The molecule has 3 rings (SSSR count). The van der Waals surface area contributed by atoms with Crippen molar-refractivity contribution >= 4 is 35.2 Å². The lowest BCUT2D eigenvalue weighted by molar-refractivity contribution is -0.113. The van der Waals surface area contributed by atoms with Gasteiger partial charge >= 0.3 is 5.97 Å². The summed E-state index contributed by atoms with van der Waals surface area (Å²) < 4.78 is 1.85. The van der Waals surface area contributed by atoms with Crippen LogP contribution in [-0.4, -0.2) is 43.4 Å². The van der Waals surface area contributed by atoms with Gasteiger partial charge in [0.05, 0.1) is 17.4 Å². The molecule has 3 N–H and O–H groups in total. The Kier molecular flexibility index (Phi) is 7.83. The number of carbonyl (C=O) groups is 3. The molecule has 0 saturated heterocycles. The third kappa shape index (κ3) is 6.19. The molecule has 9 nitrogen and oxygen atoms in total. The number of anilines is 1. The molecule has 3 aromatic rings. The van der Waals surface area contributed by atoms with Crippen LogP contribution in [0.4, 0.5) is 5.69 Å². The monoisotopic (exact) mass is 467 g/mol. The second-order valence-corrected chi connectivity index (χ2v) is 8.31. The Labute approximate surface area is 195 Å². The Morgan fingerprint density at radius 3 is 2.48 bits per heavy atom. The maximum absolute atomic E-state index is 12.5. The third-order valence-electron chi connectivity index (χ3n) is 4.84. The van der Waals surface area contributed by atoms with Crippen LogP contribution in [-0.2, 0) is 11.3 Å². The van der Waals surface area contributed by atoms with Crippen LogP contribution >= 0.6 is 11.8 Å². The number of benzene rings is 2. The molecule has 10 heteroatoms. The molecule has 0 spiro atoms. The fourth-order valence-corrected chi connectivity index (χ4v) is 3.94. The lowest BCUT2D eigenvalue weighted by atomic mass is 10.1. The smallest absolute Gasteiger partial charge is 0.335 e. The number of nitrogens with zero attached hydrogens (tertiary/aromatic N) is 3. The van der Waals surface area contributed by atoms with Gasteiger partial charge in [0.2, 0.25) is 5.91 Å². The van der Waals surface area contributed by atoms with E-state index in [-0.39, 0.29) is 29.2 Å². The number of hydrogen-bond donors (Lipinski definition) is 3. The summed E-state index contributed by atoms with van der Waals surface area (Å²) in [6, 6.07) is 13.0. The van der Waals surface area contributed by atoms with Crippen molar-refractivity contribution in [2.24, 2.45) is 0 Å². The molecule has 0 aliphatic rings. The van der Waals surface area contributed by atoms with Crippen molar-refractivity contribution in [2.45, 2.75) is 38.5 Å². The number of hydrogen-bond acceptors (Lipinski definition) is 6. The van der Waals surface area contributed by atoms with E-state index in [0.717, 1.165) is 5.56 Å². The molecule has 1 heterocycles. The fraction of sp³-hybridized carbons (Fsp3) is 0.261. The average Bonchev–Trinajstić information content (AvgIpc) is 3.21. The van der Waals surface area contributed by atoms with Crippen molar-refractivity contribution in [1.82, 2.24) is 20.1 Å². The molecule has 0 saturated carbocycles. The molecular formula is C23H25N5O4S. The minimum absolute atomic E-state index is 0.0690. The van der Waals surface area contributed by atoms with Gasteiger partial charge in [-0.3, -0.25) is 9.59 Å². The molecule has 2 aromatic carbocycles. The van der Waals surface area contributed by atoms with Gasteiger partial charge in [-0.05, 0) is 51.1 Å². The summed E-state index contributed by atoms with van der Waals surface area (Å²) in [5.41, 5.74) is 2.14. The normalized spacial score (nSPS) is 11.6. The molecule has 1 aromatic heterocycles. The Morgan fingerprint density at radius 2 is 1.82 bits per heavy atom. The molecule has 33 heavy (non-hydrogen) atoms. The summed E-state index contributed by atoms with van der Waals surface area (Å²) in [6.45, 7) is 6.29. The van der Waals surface area contributed by atoms with Crippen LogP contribution in [0.3, 0.4) is 0 Å². The second-order valence-electron chi connectivity index (χ2n) is 7.37. The summed E-state index contributed by atoms with van der Waals surface area (Å²) in [5, 5.41) is 23.6. The van der Waals surface area contributed by atoms with Gasteiger partial charge < -0.3 is 20.3 Å². The highest BCUT2D eigenvalue weighted by Crippen LogP contribution is 2.21. The highest BCUT2D eigenvalue weighted by atomic mass is 32.2. The lowest BCUT2D eigenvalue weighted by Gasteiger charge is -2.15. The number of thioether (sulfide) groups is 1. The first kappa shape index (κ1) is 24.0. The van der Waals surface area contributed by atoms with E-state index in [9.17, 15) is 14.4 Å². The van der Waals surface area contributed by atoms with E-state index >= 15 is 0 Å². The van der Waals surface area contributed by atoms with E-state index in [2.05, 4.69) is 20.8 Å². The second kappa shape index (κ2) is 10.8. The lowest BCUT2D eigenvalue weighted by Crippen LogP contribution is -2.28. The first-order chi connectivity index (χ1) is 15.8. The number of carboxylic acid groups (broad SMARTS) is 1. The van der Waals surface area contributed by atoms with E-state index in [4.69, 9.17) is 5.11 Å². The van der Waals surface area contributed by atoms with Gasteiger partial charge in [-0.15, -0.1) is 10.2 Å². The maximum Gasteiger partial charge on any atom is 0.335 e. The van der Waals surface area contributed by atoms with Gasteiger partial charge in [0.25, 0.3) is 5.91 Å². The minimum atomic E-state index is -1.06. The molecule has 0 radical (unpaired) electrons. The Hall–Kier alpha value is -3.66. The van der Waals surface area contributed by atoms with Crippen LogP contribution in [0.25, 0.3) is 0 Å². The molecule has 0 bridgehead atoms. The van der Waals surface area contributed by atoms with Gasteiger partial charge in [0.1, 0.15) is 0 Å². The largest absolute Gasteiger partial charge is 0.478 e. The van der Waals surface area contributed by atoms with Crippen LogP contribution in [0.15, 0.2) is 53.7 Å². The summed E-state index contributed by atoms with van der Waals surface area (Å²) in [7, 11) is 0. The molecular weight excluding hydrogens is 442 g/mol. The number of amides is 2. The topological polar surface area (TPSA) is 126 Å². The van der Waals surface area contributed by atoms with Gasteiger partial charge in [0, 0.05) is 17.8 Å². The predicted molar refractivity (Wildman–Crippen MR) is 126 cm³/mol. The zero-order chi connectivity index (χ0) is 24.0. The third-order valence-corrected chi connectivity index (χ3v) is 5.80. The molecule has 1 atom stereocenters. The number of carboxylic acids is 1. The summed E-state index contributed by atoms with van der Waals surface area (Å²) in [6.07, 6.45) is 0. The van der Waals surface area contributed by atoms with Crippen molar-refractivity contribution < 1.29 is 19.5 Å². The Bertz CT molecular complexity index is 1160. The van der Waals surface area contributed by atoms with Crippen molar-refractivity contribution in [1.29, 1.82) is 0 Å². The van der Waals surface area contributed by atoms with Crippen molar-refractivity contribution in [2.75, 3.05) is 11.1 Å². The van der Waals surface area contributed by atoms with Gasteiger partial charge in [-0.2, -0.15) is 0 Å². The average molecular weight is 468 g/mol. The summed E-state index contributed by atoms with van der Waals surface area (Å²) >= 11 is 1.21. The van der Waals surface area contributed by atoms with Gasteiger partial charge in [-0.1, -0.05) is 35.5 Å².